The predicted molar refractivity (Wildman–Crippen MR) is 111 cm³/mol. The molecular formula is C22H28N2O3S. The van der Waals surface area contributed by atoms with E-state index < -0.39 is 0 Å². The third-order valence-corrected chi connectivity index (χ3v) is 5.93. The van der Waals surface area contributed by atoms with Crippen molar-refractivity contribution in [1.29, 1.82) is 0 Å². The van der Waals surface area contributed by atoms with Gasteiger partial charge in [0, 0.05) is 25.1 Å². The number of hydrogen-bond donors (Lipinski definition) is 0. The average Bonchev–Trinajstić information content (AvgIpc) is 3.16. The van der Waals surface area contributed by atoms with Gasteiger partial charge in [0.15, 0.2) is 0 Å². The van der Waals surface area contributed by atoms with Crippen molar-refractivity contribution in [2.45, 2.75) is 26.3 Å². The fourth-order valence-electron chi connectivity index (χ4n) is 3.74. The van der Waals surface area contributed by atoms with E-state index in [9.17, 15) is 9.59 Å². The molecule has 0 saturated heterocycles. The molecule has 3 rings (SSSR count). The molecule has 6 heteroatoms. The summed E-state index contributed by atoms with van der Waals surface area (Å²) in [6.07, 6.45) is 0.859. The summed E-state index contributed by atoms with van der Waals surface area (Å²) in [5, 5.41) is 2.10. The van der Waals surface area contributed by atoms with Gasteiger partial charge in [0.1, 0.15) is 6.61 Å². The minimum atomic E-state index is -0.144. The first kappa shape index (κ1) is 20.6. The highest BCUT2D eigenvalue weighted by Crippen LogP contribution is 2.37. The molecule has 0 N–H and O–H groups in total. The number of amides is 2. The van der Waals surface area contributed by atoms with Crippen LogP contribution in [0.15, 0.2) is 41.8 Å². The van der Waals surface area contributed by atoms with E-state index in [-0.39, 0.29) is 36.9 Å². The summed E-state index contributed by atoms with van der Waals surface area (Å²) in [6.45, 7) is 5.38. The Kier molecular flexibility index (Phi) is 6.86. The third-order valence-electron chi connectivity index (χ3n) is 4.93. The molecule has 0 radical (unpaired) electrons. The van der Waals surface area contributed by atoms with Crippen LogP contribution >= 0.6 is 11.3 Å². The largest absolute Gasteiger partial charge is 0.375 e. The molecule has 0 unspecified atom stereocenters. The number of fused-ring (bicyclic) bond motifs is 1. The van der Waals surface area contributed by atoms with Gasteiger partial charge >= 0.3 is 0 Å². The first-order valence-electron chi connectivity index (χ1n) is 9.68. The number of thiophene rings is 1. The zero-order chi connectivity index (χ0) is 20.1. The number of hydrogen-bond acceptors (Lipinski definition) is 4. The molecule has 2 aromatic rings. The van der Waals surface area contributed by atoms with Crippen LogP contribution in [0.4, 0.5) is 0 Å². The SMILES string of the molecule is COCC(=O)N(CC(=O)N1CCc2sccc2[C@H]1c1ccccc1)CC(C)C. The van der Waals surface area contributed by atoms with Crippen LogP contribution in [0.2, 0.25) is 0 Å². The average molecular weight is 401 g/mol. The molecular weight excluding hydrogens is 372 g/mol. The molecule has 0 bridgehead atoms. The van der Waals surface area contributed by atoms with Gasteiger partial charge in [-0.2, -0.15) is 0 Å². The van der Waals surface area contributed by atoms with Crippen LogP contribution < -0.4 is 0 Å². The van der Waals surface area contributed by atoms with Gasteiger partial charge in [-0.3, -0.25) is 9.59 Å². The van der Waals surface area contributed by atoms with Crippen LogP contribution in [-0.4, -0.2) is 55.0 Å². The normalized spacial score (nSPS) is 16.1. The van der Waals surface area contributed by atoms with E-state index >= 15 is 0 Å². The molecule has 5 nitrogen and oxygen atoms in total. The van der Waals surface area contributed by atoms with Crippen LogP contribution in [0.25, 0.3) is 0 Å². The summed E-state index contributed by atoms with van der Waals surface area (Å²) in [7, 11) is 1.50. The number of nitrogens with zero attached hydrogens (tertiary/aromatic N) is 2. The van der Waals surface area contributed by atoms with Gasteiger partial charge in [0.05, 0.1) is 12.6 Å². The fourth-order valence-corrected chi connectivity index (χ4v) is 4.65. The Balaban J connectivity index is 1.85. The lowest BCUT2D eigenvalue weighted by atomic mass is 9.93. The summed E-state index contributed by atoms with van der Waals surface area (Å²) in [4.78, 5) is 30.6. The maximum Gasteiger partial charge on any atom is 0.249 e. The summed E-state index contributed by atoms with van der Waals surface area (Å²) in [5.41, 5.74) is 2.31. The van der Waals surface area contributed by atoms with Crippen LogP contribution in [0.3, 0.4) is 0 Å². The highest BCUT2D eigenvalue weighted by Gasteiger charge is 2.33. The van der Waals surface area contributed by atoms with Crippen molar-refractivity contribution in [1.82, 2.24) is 9.80 Å². The van der Waals surface area contributed by atoms with E-state index in [0.29, 0.717) is 13.1 Å². The number of methoxy groups -OCH3 is 1. The second kappa shape index (κ2) is 9.34. The van der Waals surface area contributed by atoms with Gasteiger partial charge in [0.2, 0.25) is 11.8 Å². The van der Waals surface area contributed by atoms with E-state index in [4.69, 9.17) is 4.74 Å². The van der Waals surface area contributed by atoms with E-state index in [1.807, 2.05) is 36.9 Å². The van der Waals surface area contributed by atoms with Crippen molar-refractivity contribution in [3.63, 3.8) is 0 Å². The number of ether oxygens (including phenoxy) is 1. The molecule has 1 aromatic carbocycles. The number of carbonyl (C=O) groups excluding carboxylic acids is 2. The Bertz CT molecular complexity index is 803. The summed E-state index contributed by atoms with van der Waals surface area (Å²) in [6, 6.07) is 12.2. The first-order valence-corrected chi connectivity index (χ1v) is 10.6. The summed E-state index contributed by atoms with van der Waals surface area (Å²) in [5.74, 6) is 0.119. The van der Waals surface area contributed by atoms with Crippen molar-refractivity contribution in [2.75, 3.05) is 33.4 Å². The van der Waals surface area contributed by atoms with E-state index in [2.05, 4.69) is 23.6 Å². The fraction of sp³-hybridized carbons (Fsp3) is 0.455. The lowest BCUT2D eigenvalue weighted by Gasteiger charge is -2.37. The second-order valence-corrected chi connectivity index (χ2v) is 8.55. The van der Waals surface area contributed by atoms with Crippen molar-refractivity contribution >= 4 is 23.2 Å². The molecule has 2 heterocycles. The van der Waals surface area contributed by atoms with Crippen molar-refractivity contribution in [3.8, 4) is 0 Å². The van der Waals surface area contributed by atoms with Crippen LogP contribution in [-0.2, 0) is 20.7 Å². The zero-order valence-corrected chi connectivity index (χ0v) is 17.6. The van der Waals surface area contributed by atoms with Crippen molar-refractivity contribution < 1.29 is 14.3 Å². The van der Waals surface area contributed by atoms with E-state index in [0.717, 1.165) is 12.0 Å². The van der Waals surface area contributed by atoms with Gasteiger partial charge in [-0.25, -0.2) is 0 Å². The molecule has 0 aliphatic carbocycles. The van der Waals surface area contributed by atoms with E-state index in [1.165, 1.54) is 17.6 Å². The minimum absolute atomic E-state index is 0.00318. The molecule has 2 amide bonds. The number of rotatable bonds is 7. The molecule has 150 valence electrons. The first-order chi connectivity index (χ1) is 13.5. The zero-order valence-electron chi connectivity index (χ0n) is 16.8. The molecule has 1 aliphatic heterocycles. The van der Waals surface area contributed by atoms with E-state index in [1.54, 1.807) is 16.2 Å². The smallest absolute Gasteiger partial charge is 0.249 e. The van der Waals surface area contributed by atoms with Crippen molar-refractivity contribution in [2.24, 2.45) is 5.92 Å². The lowest BCUT2D eigenvalue weighted by molar-refractivity contribution is -0.144. The molecule has 0 fully saturated rings. The van der Waals surface area contributed by atoms with Crippen LogP contribution in [0.5, 0.6) is 0 Å². The van der Waals surface area contributed by atoms with Crippen molar-refractivity contribution in [3.05, 3.63) is 57.8 Å². The third kappa shape index (κ3) is 4.62. The molecule has 0 spiro atoms. The standard InChI is InChI=1S/C22H28N2O3S/c1-16(2)13-23(21(26)15-27-3)14-20(25)24-11-9-19-18(10-12-28-19)22(24)17-7-5-4-6-8-17/h4-8,10,12,16,22H,9,11,13-15H2,1-3H3/t22-/m1/s1. The quantitative estimate of drug-likeness (QED) is 0.716. The maximum atomic E-state index is 13.3. The van der Waals surface area contributed by atoms with Crippen LogP contribution in [0, 0.1) is 5.92 Å². The highest BCUT2D eigenvalue weighted by atomic mass is 32.1. The Morgan fingerprint density at radius 1 is 1.25 bits per heavy atom. The summed E-state index contributed by atoms with van der Waals surface area (Å²) >= 11 is 1.75. The lowest BCUT2D eigenvalue weighted by Crippen LogP contribution is -2.48. The molecule has 28 heavy (non-hydrogen) atoms. The van der Waals surface area contributed by atoms with Gasteiger partial charge in [-0.15, -0.1) is 11.3 Å². The number of carbonyl (C=O) groups is 2. The second-order valence-electron chi connectivity index (χ2n) is 7.55. The minimum Gasteiger partial charge on any atom is -0.375 e. The Hall–Kier alpha value is -2.18. The Morgan fingerprint density at radius 3 is 2.68 bits per heavy atom. The topological polar surface area (TPSA) is 49.9 Å². The summed E-state index contributed by atoms with van der Waals surface area (Å²) < 4.78 is 5.01. The van der Waals surface area contributed by atoms with Gasteiger partial charge in [0.25, 0.3) is 0 Å². The highest BCUT2D eigenvalue weighted by molar-refractivity contribution is 7.10. The molecule has 1 atom stereocenters. The van der Waals surface area contributed by atoms with Gasteiger partial charge < -0.3 is 14.5 Å². The van der Waals surface area contributed by atoms with Gasteiger partial charge in [-0.1, -0.05) is 44.2 Å². The molecule has 1 aliphatic rings. The Labute approximate surface area is 170 Å². The Morgan fingerprint density at radius 2 is 2.00 bits per heavy atom. The predicted octanol–water partition coefficient (Wildman–Crippen LogP) is 3.35. The maximum absolute atomic E-state index is 13.3. The molecule has 1 aromatic heterocycles. The van der Waals surface area contributed by atoms with Crippen LogP contribution in [0.1, 0.15) is 35.9 Å². The number of benzene rings is 1. The molecule has 0 saturated carbocycles. The van der Waals surface area contributed by atoms with Gasteiger partial charge in [-0.05, 0) is 34.9 Å². The monoisotopic (exact) mass is 400 g/mol.